The van der Waals surface area contributed by atoms with Crippen LogP contribution in [-0.2, 0) is 9.53 Å². The second-order valence-electron chi connectivity index (χ2n) is 3.15. The van der Waals surface area contributed by atoms with Crippen LogP contribution in [-0.4, -0.2) is 29.9 Å². The van der Waals surface area contributed by atoms with Crippen molar-refractivity contribution in [2.75, 3.05) is 0 Å². The van der Waals surface area contributed by atoms with E-state index in [0.717, 1.165) is 0 Å². The van der Waals surface area contributed by atoms with Crippen molar-refractivity contribution in [1.29, 1.82) is 0 Å². The highest BCUT2D eigenvalue weighted by Gasteiger charge is 2.85. The summed E-state index contributed by atoms with van der Waals surface area (Å²) < 4.78 is 148. The van der Waals surface area contributed by atoms with E-state index in [-0.39, 0.29) is 0 Å². The number of ether oxygens (including phenoxy) is 1. The molecule has 0 aromatic rings. The summed E-state index contributed by atoms with van der Waals surface area (Å²) in [6.45, 7) is 0. The molecule has 0 heterocycles. The van der Waals surface area contributed by atoms with Crippen molar-refractivity contribution in [3.8, 4) is 0 Å². The molecule has 1 atom stereocenters. The fraction of sp³-hybridized carbons (Fsp3) is 0.571. The van der Waals surface area contributed by atoms with Gasteiger partial charge in [0.2, 0.25) is 0 Å². The van der Waals surface area contributed by atoms with Crippen LogP contribution in [0.25, 0.3) is 0 Å². The van der Waals surface area contributed by atoms with Crippen molar-refractivity contribution in [1.82, 2.24) is 0 Å². The minimum atomic E-state index is -7.41. The Labute approximate surface area is 106 Å². The quantitative estimate of drug-likeness (QED) is 0.428. The molecule has 0 fully saturated rings. The van der Waals surface area contributed by atoms with Gasteiger partial charge in [-0.25, -0.2) is 0 Å². The minimum absolute atomic E-state index is 1.89. The van der Waals surface area contributed by atoms with E-state index in [1.165, 1.54) is 0 Å². The van der Waals surface area contributed by atoms with Crippen molar-refractivity contribution in [2.45, 2.75) is 23.9 Å². The van der Waals surface area contributed by atoms with Crippen LogP contribution in [0.4, 0.5) is 52.7 Å². The van der Waals surface area contributed by atoms with Gasteiger partial charge >= 0.3 is 42.0 Å². The highest BCUT2D eigenvalue weighted by molar-refractivity contribution is 5.78. The predicted molar refractivity (Wildman–Crippen MR) is 37.3 cm³/mol. The predicted octanol–water partition coefficient (Wildman–Crippen LogP) is 4.03. The number of rotatable bonds is 5. The molecule has 0 saturated heterocycles. The van der Waals surface area contributed by atoms with E-state index in [9.17, 15) is 57.5 Å². The number of carbonyl (C=O) groups is 1. The number of carbonyl (C=O) groups excluding carboxylic acids is 1. The van der Waals surface area contributed by atoms with Crippen molar-refractivity contribution in [3.63, 3.8) is 0 Å². The lowest BCUT2D eigenvalue weighted by molar-refractivity contribution is -0.423. The Morgan fingerprint density at radius 2 is 1.14 bits per heavy atom. The normalized spacial score (nSPS) is 16.2. The summed E-state index contributed by atoms with van der Waals surface area (Å²) in [5.41, 5.74) is 0. The summed E-state index contributed by atoms with van der Waals surface area (Å²) in [6.07, 6.45) is -11.2. The second-order valence-corrected chi connectivity index (χ2v) is 3.15. The molecule has 21 heavy (non-hydrogen) atoms. The Hall–Kier alpha value is -1.63. The Kier molecular flexibility index (Phi) is 4.88. The average Bonchev–Trinajstić information content (AvgIpc) is 2.26. The van der Waals surface area contributed by atoms with Crippen LogP contribution >= 0.6 is 0 Å². The van der Waals surface area contributed by atoms with E-state index in [4.69, 9.17) is 0 Å². The van der Waals surface area contributed by atoms with Crippen LogP contribution in [0.15, 0.2) is 12.1 Å². The highest BCUT2D eigenvalue weighted by Crippen LogP contribution is 2.54. The van der Waals surface area contributed by atoms with E-state index >= 15 is 0 Å². The van der Waals surface area contributed by atoms with Crippen LogP contribution in [0.3, 0.4) is 0 Å². The van der Waals surface area contributed by atoms with E-state index in [1.54, 1.807) is 0 Å². The monoisotopic (exact) mass is 344 g/mol. The molecule has 0 aliphatic carbocycles. The van der Waals surface area contributed by atoms with Crippen LogP contribution in [0.5, 0.6) is 0 Å². The van der Waals surface area contributed by atoms with Gasteiger partial charge in [-0.1, -0.05) is 0 Å². The molecule has 124 valence electrons. The average molecular weight is 344 g/mol. The lowest BCUT2D eigenvalue weighted by atomic mass is 10.0. The maximum atomic E-state index is 13.0. The van der Waals surface area contributed by atoms with Crippen molar-refractivity contribution < 1.29 is 62.2 Å². The maximum Gasteiger partial charge on any atom is 0.467 e. The summed E-state index contributed by atoms with van der Waals surface area (Å²) in [6, 6.07) is -8.36. The SMILES string of the molecule is O=C(F)C(F)(F)C(F)(F)C(F)(OC(F)=C(F)F)C(F)(F)F. The molecule has 14 heteroatoms. The first-order valence-corrected chi connectivity index (χ1v) is 4.13. The molecule has 0 N–H and O–H groups in total. The van der Waals surface area contributed by atoms with Gasteiger partial charge in [0.1, 0.15) is 0 Å². The molecule has 0 aromatic carbocycles. The third kappa shape index (κ3) is 3.02. The topological polar surface area (TPSA) is 26.3 Å². The van der Waals surface area contributed by atoms with Crippen molar-refractivity contribution in [3.05, 3.63) is 12.1 Å². The number of hydrogen-bond donors (Lipinski definition) is 0. The maximum absolute atomic E-state index is 13.0. The van der Waals surface area contributed by atoms with Crippen LogP contribution in [0.2, 0.25) is 0 Å². The standard InChI is InChI=1S/C7F12O2/c8-1(9)2(10)21-6(16,7(17,18)19)5(14,15)4(12,13)3(11)20. The fourth-order valence-electron chi connectivity index (χ4n) is 0.787. The summed E-state index contributed by atoms with van der Waals surface area (Å²) >= 11 is 0. The zero-order valence-corrected chi connectivity index (χ0v) is 8.85. The number of hydrogen-bond acceptors (Lipinski definition) is 2. The molecule has 0 aliphatic heterocycles. The van der Waals surface area contributed by atoms with Gasteiger partial charge in [0.05, 0.1) is 0 Å². The highest BCUT2D eigenvalue weighted by atomic mass is 19.4. The third-order valence-corrected chi connectivity index (χ3v) is 1.79. The molecule has 0 rings (SSSR count). The van der Waals surface area contributed by atoms with Crippen LogP contribution in [0, 0.1) is 0 Å². The molecule has 0 aromatic heterocycles. The summed E-state index contributed by atoms with van der Waals surface area (Å²) in [5, 5.41) is 0. The van der Waals surface area contributed by atoms with E-state index in [0.29, 0.717) is 0 Å². The molecule has 0 radical (unpaired) electrons. The molecule has 0 spiro atoms. The smallest absolute Gasteiger partial charge is 0.416 e. The number of alkyl halides is 8. The first-order valence-electron chi connectivity index (χ1n) is 4.13. The number of halogens is 12. The fourth-order valence-corrected chi connectivity index (χ4v) is 0.787. The van der Waals surface area contributed by atoms with Crippen molar-refractivity contribution >= 4 is 6.04 Å². The Morgan fingerprint density at radius 3 is 1.38 bits per heavy atom. The summed E-state index contributed by atoms with van der Waals surface area (Å²) in [7, 11) is 0. The molecule has 0 bridgehead atoms. The first-order chi connectivity index (χ1) is 9.02. The van der Waals surface area contributed by atoms with Crippen molar-refractivity contribution in [2.24, 2.45) is 0 Å². The lowest BCUT2D eigenvalue weighted by Crippen LogP contribution is -2.66. The largest absolute Gasteiger partial charge is 0.467 e. The van der Waals surface area contributed by atoms with Gasteiger partial charge in [-0.2, -0.15) is 52.7 Å². The third-order valence-electron chi connectivity index (χ3n) is 1.79. The summed E-state index contributed by atoms with van der Waals surface area (Å²) in [4.78, 5) is 9.57. The van der Waals surface area contributed by atoms with E-state index in [1.807, 2.05) is 4.74 Å². The van der Waals surface area contributed by atoms with Gasteiger partial charge < -0.3 is 4.74 Å². The first kappa shape index (κ1) is 19.4. The molecular weight excluding hydrogens is 344 g/mol. The van der Waals surface area contributed by atoms with Gasteiger partial charge in [0.15, 0.2) is 0 Å². The van der Waals surface area contributed by atoms with E-state index < -0.39 is 42.0 Å². The van der Waals surface area contributed by atoms with E-state index in [2.05, 4.69) is 0 Å². The molecule has 0 aliphatic rings. The van der Waals surface area contributed by atoms with Crippen LogP contribution < -0.4 is 0 Å². The zero-order valence-electron chi connectivity index (χ0n) is 8.85. The van der Waals surface area contributed by atoms with Gasteiger partial charge in [-0.3, -0.25) is 4.79 Å². The lowest BCUT2D eigenvalue weighted by Gasteiger charge is -2.35. The zero-order chi connectivity index (χ0) is 17.4. The molecule has 2 nitrogen and oxygen atoms in total. The minimum Gasteiger partial charge on any atom is -0.416 e. The van der Waals surface area contributed by atoms with Gasteiger partial charge in [0, 0.05) is 0 Å². The Morgan fingerprint density at radius 1 is 0.762 bits per heavy atom. The Balaban J connectivity index is 6.20. The summed E-state index contributed by atoms with van der Waals surface area (Å²) in [5.74, 6) is -21.5. The molecule has 1 unspecified atom stereocenters. The van der Waals surface area contributed by atoms with Gasteiger partial charge in [-0.05, 0) is 0 Å². The molecular formula is C7F12O2. The second kappa shape index (κ2) is 5.29. The van der Waals surface area contributed by atoms with Gasteiger partial charge in [0.25, 0.3) is 0 Å². The molecule has 0 amide bonds. The Bertz CT molecular complexity index is 447. The van der Waals surface area contributed by atoms with Gasteiger partial charge in [-0.15, -0.1) is 0 Å². The van der Waals surface area contributed by atoms with Crippen LogP contribution in [0.1, 0.15) is 0 Å². The molecule has 0 saturated carbocycles.